The second kappa shape index (κ2) is 6.70. The van der Waals surface area contributed by atoms with Gasteiger partial charge >= 0.3 is 6.03 Å². The van der Waals surface area contributed by atoms with E-state index in [1.807, 2.05) is 43.3 Å². The van der Waals surface area contributed by atoms with Crippen LogP contribution >= 0.6 is 0 Å². The second-order valence-corrected chi connectivity index (χ2v) is 4.82. The molecule has 1 N–H and O–H groups in total. The van der Waals surface area contributed by atoms with Crippen LogP contribution in [0.4, 0.5) is 10.5 Å². The first-order valence-corrected chi connectivity index (χ1v) is 6.63. The standard InChI is InChI=1S/C16H19N3O/c1-13-3-5-15(6-4-13)18-16(20)19(2)12-9-14-7-10-17-11-8-14/h3-8,10-11H,9,12H2,1-2H3,(H,18,20). The number of carbonyl (C=O) groups is 1. The molecular formula is C16H19N3O. The van der Waals surface area contributed by atoms with Crippen molar-refractivity contribution in [3.05, 3.63) is 59.9 Å². The number of anilines is 1. The molecule has 0 bridgehead atoms. The first-order chi connectivity index (χ1) is 9.65. The third-order valence-electron chi connectivity index (χ3n) is 3.13. The number of aryl methyl sites for hydroxylation is 1. The van der Waals surface area contributed by atoms with Gasteiger partial charge in [-0.25, -0.2) is 4.79 Å². The number of hydrogen-bond donors (Lipinski definition) is 1. The molecule has 0 aliphatic heterocycles. The first-order valence-electron chi connectivity index (χ1n) is 6.63. The molecule has 1 aromatic carbocycles. The summed E-state index contributed by atoms with van der Waals surface area (Å²) in [6.45, 7) is 2.69. The highest BCUT2D eigenvalue weighted by molar-refractivity contribution is 5.89. The fourth-order valence-corrected chi connectivity index (χ4v) is 1.80. The molecule has 0 saturated carbocycles. The Labute approximate surface area is 119 Å². The van der Waals surface area contributed by atoms with Crippen molar-refractivity contribution in [3.8, 4) is 0 Å². The van der Waals surface area contributed by atoms with Gasteiger partial charge in [0.2, 0.25) is 0 Å². The van der Waals surface area contributed by atoms with Crippen LogP contribution in [-0.2, 0) is 6.42 Å². The second-order valence-electron chi connectivity index (χ2n) is 4.82. The lowest BCUT2D eigenvalue weighted by Gasteiger charge is -2.18. The molecule has 0 aliphatic rings. The van der Waals surface area contributed by atoms with Gasteiger partial charge in [0, 0.05) is 31.7 Å². The van der Waals surface area contributed by atoms with Crippen molar-refractivity contribution >= 4 is 11.7 Å². The molecular weight excluding hydrogens is 250 g/mol. The smallest absolute Gasteiger partial charge is 0.321 e. The lowest BCUT2D eigenvalue weighted by molar-refractivity contribution is 0.223. The minimum absolute atomic E-state index is 0.0945. The summed E-state index contributed by atoms with van der Waals surface area (Å²) in [5, 5.41) is 2.88. The Bertz CT molecular complexity index is 552. The van der Waals surface area contributed by atoms with Gasteiger partial charge in [-0.15, -0.1) is 0 Å². The summed E-state index contributed by atoms with van der Waals surface area (Å²) >= 11 is 0. The largest absolute Gasteiger partial charge is 0.327 e. The Morgan fingerprint density at radius 1 is 1.15 bits per heavy atom. The van der Waals surface area contributed by atoms with E-state index in [4.69, 9.17) is 0 Å². The normalized spacial score (nSPS) is 10.1. The fourth-order valence-electron chi connectivity index (χ4n) is 1.80. The first kappa shape index (κ1) is 14.1. The summed E-state index contributed by atoms with van der Waals surface area (Å²) in [5.41, 5.74) is 3.17. The Morgan fingerprint density at radius 2 is 1.80 bits per heavy atom. The topological polar surface area (TPSA) is 45.2 Å². The van der Waals surface area contributed by atoms with Crippen molar-refractivity contribution in [1.82, 2.24) is 9.88 Å². The number of aromatic nitrogens is 1. The van der Waals surface area contributed by atoms with E-state index < -0.39 is 0 Å². The van der Waals surface area contributed by atoms with Crippen molar-refractivity contribution in [1.29, 1.82) is 0 Å². The number of amides is 2. The number of rotatable bonds is 4. The maximum atomic E-state index is 12.0. The highest BCUT2D eigenvalue weighted by Gasteiger charge is 2.08. The summed E-state index contributed by atoms with van der Waals surface area (Å²) in [4.78, 5) is 17.7. The van der Waals surface area contributed by atoms with Crippen molar-refractivity contribution in [2.75, 3.05) is 18.9 Å². The maximum absolute atomic E-state index is 12.0. The summed E-state index contributed by atoms with van der Waals surface area (Å²) in [5.74, 6) is 0. The highest BCUT2D eigenvalue weighted by atomic mass is 16.2. The summed E-state index contributed by atoms with van der Waals surface area (Å²) in [6, 6.07) is 11.6. The lowest BCUT2D eigenvalue weighted by Crippen LogP contribution is -2.32. The molecule has 20 heavy (non-hydrogen) atoms. The minimum atomic E-state index is -0.0945. The molecule has 0 aliphatic carbocycles. The van der Waals surface area contributed by atoms with Crippen molar-refractivity contribution in [2.45, 2.75) is 13.3 Å². The molecule has 4 nitrogen and oxygen atoms in total. The van der Waals surface area contributed by atoms with Crippen LogP contribution in [0.3, 0.4) is 0 Å². The zero-order valence-corrected chi connectivity index (χ0v) is 11.8. The number of likely N-dealkylation sites (N-methyl/N-ethyl adjacent to an activating group) is 1. The summed E-state index contributed by atoms with van der Waals surface area (Å²) < 4.78 is 0. The maximum Gasteiger partial charge on any atom is 0.321 e. The Hall–Kier alpha value is -2.36. The van der Waals surface area contributed by atoms with E-state index in [-0.39, 0.29) is 6.03 Å². The third kappa shape index (κ3) is 4.09. The number of carbonyl (C=O) groups excluding carboxylic acids is 1. The van der Waals surface area contributed by atoms with E-state index >= 15 is 0 Å². The van der Waals surface area contributed by atoms with Gasteiger partial charge in [0.25, 0.3) is 0 Å². The summed E-state index contributed by atoms with van der Waals surface area (Å²) in [6.07, 6.45) is 4.35. The van der Waals surface area contributed by atoms with E-state index in [1.165, 1.54) is 11.1 Å². The van der Waals surface area contributed by atoms with E-state index in [0.29, 0.717) is 6.54 Å². The molecule has 2 rings (SSSR count). The zero-order chi connectivity index (χ0) is 14.4. The Kier molecular flexibility index (Phi) is 4.71. The predicted octanol–water partition coefficient (Wildman–Crippen LogP) is 3.10. The van der Waals surface area contributed by atoms with Crippen molar-refractivity contribution < 1.29 is 4.79 Å². The molecule has 0 radical (unpaired) electrons. The molecule has 0 unspecified atom stereocenters. The van der Waals surface area contributed by atoms with Crippen LogP contribution in [0.25, 0.3) is 0 Å². The number of pyridine rings is 1. The van der Waals surface area contributed by atoms with Crippen LogP contribution in [0.1, 0.15) is 11.1 Å². The van der Waals surface area contributed by atoms with Crippen LogP contribution in [0.15, 0.2) is 48.8 Å². The van der Waals surface area contributed by atoms with Gasteiger partial charge < -0.3 is 10.2 Å². The Morgan fingerprint density at radius 3 is 2.45 bits per heavy atom. The number of benzene rings is 1. The van der Waals surface area contributed by atoms with Gasteiger partial charge in [0.15, 0.2) is 0 Å². The van der Waals surface area contributed by atoms with Crippen LogP contribution in [0.2, 0.25) is 0 Å². The number of urea groups is 1. The average Bonchev–Trinajstić information content (AvgIpc) is 2.48. The van der Waals surface area contributed by atoms with Crippen molar-refractivity contribution in [2.24, 2.45) is 0 Å². The SMILES string of the molecule is Cc1ccc(NC(=O)N(C)CCc2ccncc2)cc1. The number of nitrogens with zero attached hydrogens (tertiary/aromatic N) is 2. The highest BCUT2D eigenvalue weighted by Crippen LogP contribution is 2.09. The van der Waals surface area contributed by atoms with Gasteiger partial charge in [0.05, 0.1) is 0 Å². The van der Waals surface area contributed by atoms with Gasteiger partial charge in [-0.3, -0.25) is 4.98 Å². The van der Waals surface area contributed by atoms with E-state index in [1.54, 1.807) is 24.3 Å². The van der Waals surface area contributed by atoms with Crippen LogP contribution in [0.5, 0.6) is 0 Å². The molecule has 2 amide bonds. The van der Waals surface area contributed by atoms with Gasteiger partial charge in [-0.05, 0) is 43.2 Å². The molecule has 0 saturated heterocycles. The molecule has 4 heteroatoms. The minimum Gasteiger partial charge on any atom is -0.327 e. The van der Waals surface area contributed by atoms with Crippen LogP contribution in [0, 0.1) is 6.92 Å². The Balaban J connectivity index is 1.84. The molecule has 1 heterocycles. The van der Waals surface area contributed by atoms with Gasteiger partial charge in [0.1, 0.15) is 0 Å². The molecule has 0 fully saturated rings. The van der Waals surface area contributed by atoms with Crippen LogP contribution in [-0.4, -0.2) is 29.5 Å². The van der Waals surface area contributed by atoms with Crippen molar-refractivity contribution in [3.63, 3.8) is 0 Å². The molecule has 2 aromatic rings. The monoisotopic (exact) mass is 269 g/mol. The quantitative estimate of drug-likeness (QED) is 0.927. The zero-order valence-electron chi connectivity index (χ0n) is 11.8. The third-order valence-corrected chi connectivity index (χ3v) is 3.13. The van der Waals surface area contributed by atoms with E-state index in [0.717, 1.165) is 12.1 Å². The van der Waals surface area contributed by atoms with Gasteiger partial charge in [-0.2, -0.15) is 0 Å². The van der Waals surface area contributed by atoms with Crippen LogP contribution < -0.4 is 5.32 Å². The molecule has 104 valence electrons. The molecule has 0 spiro atoms. The lowest BCUT2D eigenvalue weighted by atomic mass is 10.2. The molecule has 1 aromatic heterocycles. The average molecular weight is 269 g/mol. The van der Waals surface area contributed by atoms with E-state index in [2.05, 4.69) is 10.3 Å². The number of hydrogen-bond acceptors (Lipinski definition) is 2. The number of nitrogens with one attached hydrogen (secondary N) is 1. The fraction of sp³-hybridized carbons (Fsp3) is 0.250. The predicted molar refractivity (Wildman–Crippen MR) is 80.8 cm³/mol. The summed E-state index contributed by atoms with van der Waals surface area (Å²) in [7, 11) is 1.80. The van der Waals surface area contributed by atoms with E-state index in [9.17, 15) is 4.79 Å². The molecule has 0 atom stereocenters. The van der Waals surface area contributed by atoms with Gasteiger partial charge in [-0.1, -0.05) is 17.7 Å².